The van der Waals surface area contributed by atoms with Gasteiger partial charge in [0.2, 0.25) is 0 Å². The molecule has 0 aliphatic carbocycles. The van der Waals surface area contributed by atoms with Gasteiger partial charge in [0.1, 0.15) is 0 Å². The predicted octanol–water partition coefficient (Wildman–Crippen LogP) is 3.75. The third-order valence-corrected chi connectivity index (χ3v) is 7.90. The SMILES string of the molecule is NNC(c1cc(Br)c(Br)s1)C1CCOC2(CCOCC2)C1. The maximum absolute atomic E-state index is 6.13. The van der Waals surface area contributed by atoms with Crippen molar-refractivity contribution in [3.05, 3.63) is 19.2 Å². The lowest BCUT2D eigenvalue weighted by molar-refractivity contribution is -0.150. The first kappa shape index (κ1) is 16.4. The Morgan fingerprint density at radius 2 is 2.10 bits per heavy atom. The quantitative estimate of drug-likeness (QED) is 0.556. The summed E-state index contributed by atoms with van der Waals surface area (Å²) >= 11 is 8.87. The monoisotopic (exact) mass is 438 g/mol. The van der Waals surface area contributed by atoms with E-state index in [9.17, 15) is 0 Å². The first-order valence-electron chi connectivity index (χ1n) is 7.26. The number of hydrogen-bond acceptors (Lipinski definition) is 5. The van der Waals surface area contributed by atoms with E-state index in [1.54, 1.807) is 11.3 Å². The van der Waals surface area contributed by atoms with Crippen LogP contribution in [0.1, 0.15) is 36.6 Å². The van der Waals surface area contributed by atoms with Crippen LogP contribution in [-0.2, 0) is 9.47 Å². The molecule has 1 aromatic rings. The Kier molecular flexibility index (Phi) is 5.41. The number of nitrogens with one attached hydrogen (secondary N) is 1. The molecule has 3 N–H and O–H groups in total. The van der Waals surface area contributed by atoms with Gasteiger partial charge in [-0.05, 0) is 69.5 Å². The number of hydrazine groups is 1. The molecule has 7 heteroatoms. The van der Waals surface area contributed by atoms with Crippen molar-refractivity contribution < 1.29 is 9.47 Å². The van der Waals surface area contributed by atoms with Crippen molar-refractivity contribution in [2.45, 2.75) is 37.3 Å². The lowest BCUT2D eigenvalue weighted by atomic mass is 9.77. The van der Waals surface area contributed by atoms with Gasteiger partial charge >= 0.3 is 0 Å². The van der Waals surface area contributed by atoms with Gasteiger partial charge in [0.25, 0.3) is 0 Å². The van der Waals surface area contributed by atoms with Crippen LogP contribution in [0.5, 0.6) is 0 Å². The zero-order chi connectivity index (χ0) is 14.9. The highest BCUT2D eigenvalue weighted by atomic mass is 79.9. The summed E-state index contributed by atoms with van der Waals surface area (Å²) in [6.07, 6.45) is 4.10. The number of rotatable bonds is 3. The van der Waals surface area contributed by atoms with E-state index >= 15 is 0 Å². The smallest absolute Gasteiger partial charge is 0.0843 e. The highest BCUT2D eigenvalue weighted by Gasteiger charge is 2.41. The van der Waals surface area contributed by atoms with Crippen molar-refractivity contribution >= 4 is 43.2 Å². The Hall–Kier alpha value is 0.500. The minimum absolute atomic E-state index is 0.00197. The Balaban J connectivity index is 1.77. The van der Waals surface area contributed by atoms with Gasteiger partial charge in [-0.2, -0.15) is 0 Å². The van der Waals surface area contributed by atoms with Crippen molar-refractivity contribution in [3.8, 4) is 0 Å². The summed E-state index contributed by atoms with van der Waals surface area (Å²) < 4.78 is 13.8. The summed E-state index contributed by atoms with van der Waals surface area (Å²) in [7, 11) is 0. The number of hydrogen-bond donors (Lipinski definition) is 2. The molecule has 0 bridgehead atoms. The summed E-state index contributed by atoms with van der Waals surface area (Å²) in [5.41, 5.74) is 3.03. The minimum Gasteiger partial charge on any atom is -0.381 e. The lowest BCUT2D eigenvalue weighted by Crippen LogP contribution is -2.47. The van der Waals surface area contributed by atoms with Crippen LogP contribution in [0.2, 0.25) is 0 Å². The molecule has 2 aliphatic rings. The number of halogens is 2. The fraction of sp³-hybridized carbons (Fsp3) is 0.714. The molecule has 4 nitrogen and oxygen atoms in total. The molecular formula is C14H20Br2N2O2S. The average Bonchev–Trinajstić information content (AvgIpc) is 2.80. The van der Waals surface area contributed by atoms with E-state index in [0.717, 1.165) is 53.8 Å². The van der Waals surface area contributed by atoms with Gasteiger partial charge in [-0.3, -0.25) is 11.3 Å². The largest absolute Gasteiger partial charge is 0.381 e. The molecular weight excluding hydrogens is 420 g/mol. The Labute approximate surface area is 146 Å². The van der Waals surface area contributed by atoms with Crippen LogP contribution < -0.4 is 11.3 Å². The lowest BCUT2D eigenvalue weighted by Gasteiger charge is -2.45. The van der Waals surface area contributed by atoms with Gasteiger partial charge in [0.05, 0.1) is 15.4 Å². The molecule has 0 saturated carbocycles. The standard InChI is InChI=1S/C14H20Br2N2O2S/c15-10-7-11(21-13(10)16)12(18-17)9-1-4-20-14(8-9)2-5-19-6-3-14/h7,9,12,18H,1-6,8,17H2. The molecule has 1 aromatic heterocycles. The maximum atomic E-state index is 6.13. The minimum atomic E-state index is 0.00197. The maximum Gasteiger partial charge on any atom is 0.0843 e. The zero-order valence-corrected chi connectivity index (χ0v) is 15.7. The van der Waals surface area contributed by atoms with E-state index in [-0.39, 0.29) is 11.6 Å². The van der Waals surface area contributed by atoms with Crippen LogP contribution in [0.3, 0.4) is 0 Å². The van der Waals surface area contributed by atoms with Gasteiger partial charge in [-0.15, -0.1) is 11.3 Å². The van der Waals surface area contributed by atoms with Gasteiger partial charge in [0.15, 0.2) is 0 Å². The third kappa shape index (κ3) is 3.54. The predicted molar refractivity (Wildman–Crippen MR) is 91.2 cm³/mol. The number of ether oxygens (including phenoxy) is 2. The molecule has 0 aromatic carbocycles. The molecule has 2 aliphatic heterocycles. The van der Waals surface area contributed by atoms with Crippen molar-refractivity contribution in [2.24, 2.45) is 11.8 Å². The van der Waals surface area contributed by atoms with Crippen molar-refractivity contribution in [1.82, 2.24) is 5.43 Å². The van der Waals surface area contributed by atoms with Gasteiger partial charge in [-0.25, -0.2) is 0 Å². The van der Waals surface area contributed by atoms with Gasteiger partial charge in [0, 0.05) is 29.2 Å². The van der Waals surface area contributed by atoms with Crippen LogP contribution in [-0.4, -0.2) is 25.4 Å². The Bertz CT molecular complexity index is 466. The molecule has 0 amide bonds. The van der Waals surface area contributed by atoms with Crippen LogP contribution in [0.25, 0.3) is 0 Å². The van der Waals surface area contributed by atoms with Gasteiger partial charge in [-0.1, -0.05) is 0 Å². The first-order valence-corrected chi connectivity index (χ1v) is 9.66. The second kappa shape index (κ2) is 6.95. The molecule has 2 atom stereocenters. The van der Waals surface area contributed by atoms with E-state index in [1.807, 2.05) is 0 Å². The van der Waals surface area contributed by atoms with Crippen LogP contribution in [0.15, 0.2) is 14.3 Å². The van der Waals surface area contributed by atoms with Gasteiger partial charge < -0.3 is 9.47 Å². The molecule has 1 spiro atoms. The Morgan fingerprint density at radius 1 is 1.33 bits per heavy atom. The molecule has 3 heterocycles. The average molecular weight is 440 g/mol. The molecule has 21 heavy (non-hydrogen) atoms. The first-order chi connectivity index (χ1) is 10.1. The summed E-state index contributed by atoms with van der Waals surface area (Å²) in [6.45, 7) is 2.43. The highest BCUT2D eigenvalue weighted by Crippen LogP contribution is 2.44. The molecule has 2 saturated heterocycles. The highest BCUT2D eigenvalue weighted by molar-refractivity contribution is 9.13. The molecule has 118 valence electrons. The van der Waals surface area contributed by atoms with E-state index in [1.165, 1.54) is 4.88 Å². The summed E-state index contributed by atoms with van der Waals surface area (Å²) in [5.74, 6) is 6.37. The normalized spacial score (nSPS) is 26.9. The fourth-order valence-corrected chi connectivity index (χ4v) is 5.65. The van der Waals surface area contributed by atoms with Crippen molar-refractivity contribution in [2.75, 3.05) is 19.8 Å². The summed E-state index contributed by atoms with van der Waals surface area (Å²) in [5, 5.41) is 0. The van der Waals surface area contributed by atoms with Crippen LogP contribution in [0, 0.1) is 5.92 Å². The zero-order valence-electron chi connectivity index (χ0n) is 11.7. The number of nitrogens with two attached hydrogens (primary N) is 1. The topological polar surface area (TPSA) is 56.5 Å². The molecule has 0 radical (unpaired) electrons. The van der Waals surface area contributed by atoms with Crippen LogP contribution >= 0.6 is 43.2 Å². The Morgan fingerprint density at radius 3 is 2.71 bits per heavy atom. The van der Waals surface area contributed by atoms with E-state index in [0.29, 0.717) is 5.92 Å². The van der Waals surface area contributed by atoms with E-state index in [2.05, 4.69) is 43.4 Å². The number of thiophene rings is 1. The van der Waals surface area contributed by atoms with Crippen LogP contribution in [0.4, 0.5) is 0 Å². The second-order valence-corrected chi connectivity index (χ2v) is 9.07. The molecule has 3 rings (SSSR count). The third-order valence-electron chi connectivity index (χ3n) is 4.56. The second-order valence-electron chi connectivity index (χ2n) is 5.81. The molecule has 2 unspecified atom stereocenters. The molecule has 2 fully saturated rings. The summed E-state index contributed by atoms with van der Waals surface area (Å²) in [6, 6.07) is 2.34. The summed E-state index contributed by atoms with van der Waals surface area (Å²) in [4.78, 5) is 1.27. The van der Waals surface area contributed by atoms with Crippen molar-refractivity contribution in [3.63, 3.8) is 0 Å². The van der Waals surface area contributed by atoms with Crippen molar-refractivity contribution in [1.29, 1.82) is 0 Å². The fourth-order valence-electron chi connectivity index (χ4n) is 3.41. The van der Waals surface area contributed by atoms with E-state index in [4.69, 9.17) is 15.3 Å². The van der Waals surface area contributed by atoms with E-state index < -0.39 is 0 Å².